The zero-order valence-electron chi connectivity index (χ0n) is 17.3. The summed E-state index contributed by atoms with van der Waals surface area (Å²) < 4.78 is 24.8. The van der Waals surface area contributed by atoms with Gasteiger partial charge in [-0.05, 0) is 56.4 Å². The number of para-hydroxylation sites is 2. The number of hydrogen-bond donors (Lipinski definition) is 1. The molecular weight excluding hydrogens is 381 g/mol. The number of rotatable bonds is 7. The number of halogens is 1. The molecule has 2 atom stereocenters. The third-order valence-corrected chi connectivity index (χ3v) is 6.73. The predicted octanol–water partition coefficient (Wildman–Crippen LogP) is 4.89. The van der Waals surface area contributed by atoms with Crippen molar-refractivity contribution < 1.29 is 13.9 Å². The third-order valence-electron chi connectivity index (χ3n) is 6.73. The van der Waals surface area contributed by atoms with Crippen LogP contribution in [-0.2, 0) is 0 Å². The third kappa shape index (κ3) is 3.65. The summed E-state index contributed by atoms with van der Waals surface area (Å²) in [5, 5.41) is 8.62. The van der Waals surface area contributed by atoms with Crippen LogP contribution in [0.4, 0.5) is 4.39 Å². The number of benzene rings is 2. The molecule has 5 nitrogen and oxygen atoms in total. The van der Waals surface area contributed by atoms with Gasteiger partial charge in [-0.3, -0.25) is 10.00 Å². The molecule has 0 aliphatic carbocycles. The van der Waals surface area contributed by atoms with Gasteiger partial charge in [-0.2, -0.15) is 5.10 Å². The fraction of sp³-hybridized carbons (Fsp3) is 0.458. The van der Waals surface area contributed by atoms with Gasteiger partial charge < -0.3 is 9.47 Å². The molecular formula is C24H28FN3O2. The largest absolute Gasteiger partial charge is 0.493 e. The van der Waals surface area contributed by atoms with E-state index in [0.717, 1.165) is 48.2 Å². The highest BCUT2D eigenvalue weighted by Crippen LogP contribution is 2.44. The number of ether oxygens (including phenoxy) is 2. The monoisotopic (exact) mass is 409 g/mol. The van der Waals surface area contributed by atoms with Gasteiger partial charge in [0.05, 0.1) is 19.2 Å². The van der Waals surface area contributed by atoms with Crippen LogP contribution in [0.1, 0.15) is 43.7 Å². The van der Waals surface area contributed by atoms with Crippen molar-refractivity contribution in [3.8, 4) is 11.5 Å². The van der Waals surface area contributed by atoms with E-state index in [0.29, 0.717) is 24.6 Å². The lowest BCUT2D eigenvalue weighted by molar-refractivity contribution is 0.117. The Kier molecular flexibility index (Phi) is 5.34. The minimum atomic E-state index is -0.231. The summed E-state index contributed by atoms with van der Waals surface area (Å²) in [4.78, 5) is 2.68. The molecule has 158 valence electrons. The van der Waals surface area contributed by atoms with Crippen LogP contribution in [0.25, 0.3) is 10.9 Å². The summed E-state index contributed by atoms with van der Waals surface area (Å²) in [5.74, 6) is 1.83. The topological polar surface area (TPSA) is 50.4 Å². The van der Waals surface area contributed by atoms with Gasteiger partial charge >= 0.3 is 0 Å². The molecule has 1 N–H and O–H groups in total. The van der Waals surface area contributed by atoms with Gasteiger partial charge in [0.2, 0.25) is 0 Å². The van der Waals surface area contributed by atoms with Crippen molar-refractivity contribution in [2.75, 3.05) is 20.3 Å². The SMILES string of the molecule is COc1ccccc1OCCCN1C2CCC1CC(c1[nH]nc3cc(F)ccc13)C2. The lowest BCUT2D eigenvalue weighted by atomic mass is 9.86. The van der Waals surface area contributed by atoms with Crippen LogP contribution in [0, 0.1) is 5.82 Å². The number of hydrogen-bond acceptors (Lipinski definition) is 4. The highest BCUT2D eigenvalue weighted by atomic mass is 19.1. The molecule has 2 fully saturated rings. The van der Waals surface area contributed by atoms with E-state index in [1.165, 1.54) is 30.7 Å². The highest BCUT2D eigenvalue weighted by molar-refractivity contribution is 5.81. The van der Waals surface area contributed by atoms with Crippen LogP contribution >= 0.6 is 0 Å². The first-order valence-electron chi connectivity index (χ1n) is 10.9. The Morgan fingerprint density at radius 2 is 1.87 bits per heavy atom. The summed E-state index contributed by atoms with van der Waals surface area (Å²) in [6.07, 6.45) is 5.80. The molecule has 3 aromatic rings. The number of nitrogens with zero attached hydrogens (tertiary/aromatic N) is 2. The molecule has 2 aliphatic heterocycles. The van der Waals surface area contributed by atoms with E-state index in [1.54, 1.807) is 7.11 Å². The second kappa shape index (κ2) is 8.26. The molecule has 2 bridgehead atoms. The molecule has 6 heteroatoms. The first kappa shape index (κ1) is 19.4. The average molecular weight is 410 g/mol. The van der Waals surface area contributed by atoms with Crippen molar-refractivity contribution >= 4 is 10.9 Å². The molecule has 0 spiro atoms. The summed E-state index contributed by atoms with van der Waals surface area (Å²) in [7, 11) is 1.67. The smallest absolute Gasteiger partial charge is 0.161 e. The van der Waals surface area contributed by atoms with E-state index in [-0.39, 0.29) is 5.82 Å². The molecule has 0 saturated carbocycles. The molecule has 2 unspecified atom stereocenters. The van der Waals surface area contributed by atoms with E-state index in [1.807, 2.05) is 30.3 Å². The number of methoxy groups -OCH3 is 1. The number of piperidine rings is 1. The fourth-order valence-corrected chi connectivity index (χ4v) is 5.36. The van der Waals surface area contributed by atoms with E-state index >= 15 is 0 Å². The van der Waals surface area contributed by atoms with Crippen LogP contribution in [0.5, 0.6) is 11.5 Å². The van der Waals surface area contributed by atoms with E-state index < -0.39 is 0 Å². The quantitative estimate of drug-likeness (QED) is 0.565. The average Bonchev–Trinajstić information content (AvgIpc) is 3.28. The molecule has 2 aliphatic rings. The normalized spacial score (nSPS) is 23.7. The second-order valence-electron chi connectivity index (χ2n) is 8.44. The number of fused-ring (bicyclic) bond motifs is 3. The maximum atomic E-state index is 13.5. The molecule has 5 rings (SSSR count). The van der Waals surface area contributed by atoms with Crippen LogP contribution in [0.15, 0.2) is 42.5 Å². The minimum absolute atomic E-state index is 0.231. The molecule has 0 amide bonds. The Balaban J connectivity index is 1.19. The van der Waals surface area contributed by atoms with Crippen molar-refractivity contribution in [1.82, 2.24) is 15.1 Å². The van der Waals surface area contributed by atoms with Crippen LogP contribution in [0.2, 0.25) is 0 Å². The molecule has 0 radical (unpaired) electrons. The van der Waals surface area contributed by atoms with Gasteiger partial charge in [0.25, 0.3) is 0 Å². The van der Waals surface area contributed by atoms with Crippen molar-refractivity contribution in [2.45, 2.75) is 50.1 Å². The minimum Gasteiger partial charge on any atom is -0.493 e. The zero-order chi connectivity index (χ0) is 20.5. The first-order valence-corrected chi connectivity index (χ1v) is 10.9. The van der Waals surface area contributed by atoms with E-state index in [4.69, 9.17) is 9.47 Å². The first-order chi connectivity index (χ1) is 14.7. The van der Waals surface area contributed by atoms with Gasteiger partial charge in [0, 0.05) is 41.7 Å². The van der Waals surface area contributed by atoms with Crippen LogP contribution in [0.3, 0.4) is 0 Å². The standard InChI is InChI=1S/C24H28FN3O2/c1-29-22-5-2-3-6-23(22)30-12-4-11-28-18-8-9-19(28)14-16(13-18)24-20-10-7-17(25)15-21(20)26-27-24/h2-3,5-7,10,15-16,18-19H,4,8-9,11-14H2,1H3,(H,26,27). The Morgan fingerprint density at radius 3 is 2.63 bits per heavy atom. The van der Waals surface area contributed by atoms with Crippen molar-refractivity contribution in [1.29, 1.82) is 0 Å². The summed E-state index contributed by atoms with van der Waals surface area (Å²) in [6.45, 7) is 1.75. The molecule has 30 heavy (non-hydrogen) atoms. The molecule has 1 aromatic heterocycles. The van der Waals surface area contributed by atoms with Gasteiger partial charge in [-0.1, -0.05) is 12.1 Å². The number of nitrogens with one attached hydrogen (secondary N) is 1. The van der Waals surface area contributed by atoms with E-state index in [9.17, 15) is 4.39 Å². The molecule has 3 heterocycles. The Hall–Kier alpha value is -2.60. The lowest BCUT2D eigenvalue weighted by Crippen LogP contribution is -2.43. The fourth-order valence-electron chi connectivity index (χ4n) is 5.36. The maximum absolute atomic E-state index is 13.5. The predicted molar refractivity (Wildman–Crippen MR) is 115 cm³/mol. The lowest BCUT2D eigenvalue weighted by Gasteiger charge is -2.38. The number of aromatic amines is 1. The highest BCUT2D eigenvalue weighted by Gasteiger charge is 2.41. The number of aromatic nitrogens is 2. The van der Waals surface area contributed by atoms with Gasteiger partial charge in [-0.15, -0.1) is 0 Å². The Labute approximate surface area is 176 Å². The summed E-state index contributed by atoms with van der Waals surface area (Å²) in [6, 6.07) is 13.9. The number of H-pyrrole nitrogens is 1. The van der Waals surface area contributed by atoms with Gasteiger partial charge in [0.1, 0.15) is 5.82 Å². The zero-order valence-corrected chi connectivity index (χ0v) is 17.3. The van der Waals surface area contributed by atoms with Gasteiger partial charge in [0.15, 0.2) is 11.5 Å². The molecule has 2 aromatic carbocycles. The van der Waals surface area contributed by atoms with Gasteiger partial charge in [-0.25, -0.2) is 4.39 Å². The Morgan fingerprint density at radius 1 is 1.10 bits per heavy atom. The Bertz CT molecular complexity index is 1010. The van der Waals surface area contributed by atoms with Crippen LogP contribution in [-0.4, -0.2) is 47.4 Å². The van der Waals surface area contributed by atoms with Crippen LogP contribution < -0.4 is 9.47 Å². The van der Waals surface area contributed by atoms with Crippen molar-refractivity contribution in [3.63, 3.8) is 0 Å². The summed E-state index contributed by atoms with van der Waals surface area (Å²) >= 11 is 0. The second-order valence-corrected chi connectivity index (χ2v) is 8.44. The van der Waals surface area contributed by atoms with Crippen molar-refractivity contribution in [3.05, 3.63) is 54.0 Å². The van der Waals surface area contributed by atoms with E-state index in [2.05, 4.69) is 15.1 Å². The molecule has 2 saturated heterocycles. The maximum Gasteiger partial charge on any atom is 0.161 e. The van der Waals surface area contributed by atoms with Crippen molar-refractivity contribution in [2.24, 2.45) is 0 Å². The summed E-state index contributed by atoms with van der Waals surface area (Å²) in [5.41, 5.74) is 1.91.